The van der Waals surface area contributed by atoms with Crippen LogP contribution in [0.5, 0.6) is 11.8 Å². The van der Waals surface area contributed by atoms with E-state index in [1.54, 1.807) is 0 Å². The standard InChI is InChI=1S/C20H14F6N2O2/c21-19(22,23)15-5-1-3-13(9-15)11-29-17-7-8-18(28-27-17)30-12-14-4-2-6-16(10-14)20(24,25)26/h1-10H,11-12H2. The molecule has 0 unspecified atom stereocenters. The molecule has 30 heavy (non-hydrogen) atoms. The van der Waals surface area contributed by atoms with Crippen LogP contribution in [0.15, 0.2) is 60.7 Å². The molecule has 0 saturated heterocycles. The molecule has 4 nitrogen and oxygen atoms in total. The molecule has 1 heterocycles. The first-order valence-electron chi connectivity index (χ1n) is 8.53. The van der Waals surface area contributed by atoms with Crippen LogP contribution in [0.1, 0.15) is 22.3 Å². The van der Waals surface area contributed by atoms with Crippen LogP contribution in [-0.4, -0.2) is 10.2 Å². The SMILES string of the molecule is FC(F)(F)c1cccc(COc2ccc(OCc3cccc(C(F)(F)F)c3)nn2)c1. The van der Waals surface area contributed by atoms with E-state index in [0.29, 0.717) is 11.1 Å². The van der Waals surface area contributed by atoms with Crippen molar-refractivity contribution < 1.29 is 35.8 Å². The Labute approximate surface area is 167 Å². The first-order chi connectivity index (χ1) is 14.1. The first-order valence-corrected chi connectivity index (χ1v) is 8.53. The number of aromatic nitrogens is 2. The highest BCUT2D eigenvalue weighted by molar-refractivity contribution is 5.27. The molecule has 10 heteroatoms. The maximum Gasteiger partial charge on any atom is 0.416 e. The molecule has 0 bridgehead atoms. The van der Waals surface area contributed by atoms with E-state index in [1.807, 2.05) is 0 Å². The number of nitrogens with zero attached hydrogens (tertiary/aromatic N) is 2. The summed E-state index contributed by atoms with van der Waals surface area (Å²) in [6.45, 7) is -0.300. The normalized spacial score (nSPS) is 11.9. The molecule has 0 fully saturated rings. The van der Waals surface area contributed by atoms with E-state index in [-0.39, 0.29) is 25.0 Å². The number of benzene rings is 2. The van der Waals surface area contributed by atoms with E-state index in [0.717, 1.165) is 24.3 Å². The fourth-order valence-corrected chi connectivity index (χ4v) is 2.45. The van der Waals surface area contributed by atoms with Crippen LogP contribution in [0.25, 0.3) is 0 Å². The zero-order valence-corrected chi connectivity index (χ0v) is 15.2. The van der Waals surface area contributed by atoms with Gasteiger partial charge in [0.1, 0.15) is 13.2 Å². The van der Waals surface area contributed by atoms with Crippen molar-refractivity contribution in [2.45, 2.75) is 25.6 Å². The van der Waals surface area contributed by atoms with Crippen LogP contribution in [-0.2, 0) is 25.6 Å². The Bertz CT molecular complexity index is 907. The van der Waals surface area contributed by atoms with Crippen molar-refractivity contribution in [3.05, 3.63) is 82.9 Å². The van der Waals surface area contributed by atoms with Crippen LogP contribution in [0.2, 0.25) is 0 Å². The van der Waals surface area contributed by atoms with Crippen molar-refractivity contribution in [2.75, 3.05) is 0 Å². The van der Waals surface area contributed by atoms with E-state index in [1.165, 1.54) is 36.4 Å². The van der Waals surface area contributed by atoms with Crippen molar-refractivity contribution in [2.24, 2.45) is 0 Å². The third kappa shape index (κ3) is 5.85. The smallest absolute Gasteiger partial charge is 0.416 e. The highest BCUT2D eigenvalue weighted by Crippen LogP contribution is 2.30. The number of rotatable bonds is 6. The summed E-state index contributed by atoms with van der Waals surface area (Å²) in [4.78, 5) is 0. The topological polar surface area (TPSA) is 44.2 Å². The molecule has 0 aliphatic rings. The average Bonchev–Trinajstić information content (AvgIpc) is 2.71. The van der Waals surface area contributed by atoms with Gasteiger partial charge in [-0.25, -0.2) is 0 Å². The quantitative estimate of drug-likeness (QED) is 0.475. The molecular weight excluding hydrogens is 414 g/mol. The molecule has 0 spiro atoms. The van der Waals surface area contributed by atoms with E-state index in [9.17, 15) is 26.3 Å². The van der Waals surface area contributed by atoms with Gasteiger partial charge in [-0.2, -0.15) is 26.3 Å². The molecule has 1 aromatic heterocycles. The minimum absolute atomic E-state index is 0.0545. The molecular formula is C20H14F6N2O2. The number of hydrogen-bond acceptors (Lipinski definition) is 4. The highest BCUT2D eigenvalue weighted by Gasteiger charge is 2.31. The Morgan fingerprint density at radius 1 is 0.600 bits per heavy atom. The predicted octanol–water partition coefficient (Wildman–Crippen LogP) is 5.67. The number of halogens is 6. The molecule has 0 N–H and O–H groups in total. The van der Waals surface area contributed by atoms with Gasteiger partial charge in [0, 0.05) is 12.1 Å². The molecule has 0 aliphatic carbocycles. The summed E-state index contributed by atoms with van der Waals surface area (Å²) in [5.74, 6) is 0.109. The lowest BCUT2D eigenvalue weighted by Crippen LogP contribution is -2.07. The maximum absolute atomic E-state index is 12.7. The Morgan fingerprint density at radius 2 is 1.00 bits per heavy atom. The van der Waals surface area contributed by atoms with Crippen LogP contribution in [0.3, 0.4) is 0 Å². The van der Waals surface area contributed by atoms with Gasteiger partial charge in [0.15, 0.2) is 0 Å². The predicted molar refractivity (Wildman–Crippen MR) is 93.6 cm³/mol. The lowest BCUT2D eigenvalue weighted by molar-refractivity contribution is -0.138. The van der Waals surface area contributed by atoms with E-state index in [4.69, 9.17) is 9.47 Å². The van der Waals surface area contributed by atoms with Crippen molar-refractivity contribution in [3.8, 4) is 11.8 Å². The molecule has 2 aromatic carbocycles. The van der Waals surface area contributed by atoms with E-state index in [2.05, 4.69) is 10.2 Å². The summed E-state index contributed by atoms with van der Waals surface area (Å²) in [6, 6.07) is 12.2. The second-order valence-electron chi connectivity index (χ2n) is 6.18. The summed E-state index contributed by atoms with van der Waals surface area (Å²) in [5.41, 5.74) is -0.964. The number of ether oxygens (including phenoxy) is 2. The fraction of sp³-hybridized carbons (Fsp3) is 0.200. The Morgan fingerprint density at radius 3 is 1.33 bits per heavy atom. The maximum atomic E-state index is 12.7. The first kappa shape index (κ1) is 21.4. The van der Waals surface area contributed by atoms with Crippen LogP contribution in [0.4, 0.5) is 26.3 Å². The summed E-state index contributed by atoms with van der Waals surface area (Å²) in [5, 5.41) is 7.47. The van der Waals surface area contributed by atoms with Gasteiger partial charge in [0.2, 0.25) is 11.8 Å². The van der Waals surface area contributed by atoms with Crippen molar-refractivity contribution >= 4 is 0 Å². The summed E-state index contributed by atoms with van der Waals surface area (Å²) >= 11 is 0. The lowest BCUT2D eigenvalue weighted by atomic mass is 10.1. The van der Waals surface area contributed by atoms with Gasteiger partial charge in [-0.15, -0.1) is 10.2 Å². The molecule has 0 radical (unpaired) electrons. The molecule has 158 valence electrons. The van der Waals surface area contributed by atoms with Gasteiger partial charge in [0.25, 0.3) is 0 Å². The Balaban J connectivity index is 1.56. The second kappa shape index (κ2) is 8.60. The monoisotopic (exact) mass is 428 g/mol. The number of hydrogen-bond donors (Lipinski definition) is 0. The highest BCUT2D eigenvalue weighted by atomic mass is 19.4. The summed E-state index contributed by atoms with van der Waals surface area (Å²) < 4.78 is 86.9. The molecule has 0 amide bonds. The average molecular weight is 428 g/mol. The minimum Gasteiger partial charge on any atom is -0.472 e. The fourth-order valence-electron chi connectivity index (χ4n) is 2.45. The van der Waals surface area contributed by atoms with Crippen molar-refractivity contribution in [1.82, 2.24) is 10.2 Å². The third-order valence-electron chi connectivity index (χ3n) is 3.90. The molecule has 3 aromatic rings. The molecule has 0 saturated carbocycles. The minimum atomic E-state index is -4.45. The van der Waals surface area contributed by atoms with Gasteiger partial charge in [0.05, 0.1) is 11.1 Å². The van der Waals surface area contributed by atoms with Gasteiger partial charge in [-0.05, 0) is 35.4 Å². The lowest BCUT2D eigenvalue weighted by Gasteiger charge is -2.10. The Hall–Kier alpha value is -3.30. The van der Waals surface area contributed by atoms with Crippen LogP contribution >= 0.6 is 0 Å². The second-order valence-corrected chi connectivity index (χ2v) is 6.18. The van der Waals surface area contributed by atoms with E-state index < -0.39 is 23.5 Å². The zero-order chi connectivity index (χ0) is 21.8. The third-order valence-corrected chi connectivity index (χ3v) is 3.90. The van der Waals surface area contributed by atoms with Crippen LogP contribution < -0.4 is 9.47 Å². The van der Waals surface area contributed by atoms with Gasteiger partial charge >= 0.3 is 12.4 Å². The largest absolute Gasteiger partial charge is 0.472 e. The summed E-state index contributed by atoms with van der Waals surface area (Å²) in [6.07, 6.45) is -8.90. The van der Waals surface area contributed by atoms with Gasteiger partial charge < -0.3 is 9.47 Å². The van der Waals surface area contributed by atoms with Crippen molar-refractivity contribution in [3.63, 3.8) is 0 Å². The van der Waals surface area contributed by atoms with E-state index >= 15 is 0 Å². The summed E-state index contributed by atoms with van der Waals surface area (Å²) in [7, 11) is 0. The zero-order valence-electron chi connectivity index (χ0n) is 15.2. The molecule has 3 rings (SSSR count). The molecule has 0 aliphatic heterocycles. The number of alkyl halides is 6. The van der Waals surface area contributed by atoms with Gasteiger partial charge in [-0.3, -0.25) is 0 Å². The molecule has 0 atom stereocenters. The van der Waals surface area contributed by atoms with Crippen molar-refractivity contribution in [1.29, 1.82) is 0 Å². The Kier molecular flexibility index (Phi) is 6.14. The van der Waals surface area contributed by atoms with Gasteiger partial charge in [-0.1, -0.05) is 24.3 Å². The van der Waals surface area contributed by atoms with Crippen LogP contribution in [0, 0.1) is 0 Å².